The Bertz CT molecular complexity index is 1360. The van der Waals surface area contributed by atoms with Crippen LogP contribution < -0.4 is 9.62 Å². The summed E-state index contributed by atoms with van der Waals surface area (Å²) >= 11 is 6.03. The van der Waals surface area contributed by atoms with Crippen molar-refractivity contribution in [2.45, 2.75) is 51.6 Å². The summed E-state index contributed by atoms with van der Waals surface area (Å²) in [7, 11) is -4.09. The van der Waals surface area contributed by atoms with Crippen LogP contribution in [0.3, 0.4) is 0 Å². The second kappa shape index (κ2) is 12.9. The van der Waals surface area contributed by atoms with Crippen molar-refractivity contribution in [3.63, 3.8) is 0 Å². The number of amides is 2. The van der Waals surface area contributed by atoms with Gasteiger partial charge in [0.15, 0.2) is 0 Å². The van der Waals surface area contributed by atoms with Gasteiger partial charge in [-0.3, -0.25) is 13.9 Å². The van der Waals surface area contributed by atoms with Crippen molar-refractivity contribution in [2.75, 3.05) is 17.4 Å². The largest absolute Gasteiger partial charge is 0.354 e. The predicted octanol–water partition coefficient (Wildman–Crippen LogP) is 5.10. The fourth-order valence-electron chi connectivity index (χ4n) is 3.96. The van der Waals surface area contributed by atoms with Gasteiger partial charge in [0.05, 0.1) is 10.6 Å². The first-order chi connectivity index (χ1) is 18.0. The van der Waals surface area contributed by atoms with E-state index in [2.05, 4.69) is 5.32 Å². The number of anilines is 1. The number of carbonyl (C=O) groups excluding carboxylic acids is 2. The zero-order valence-corrected chi connectivity index (χ0v) is 23.7. The van der Waals surface area contributed by atoms with E-state index in [-0.39, 0.29) is 17.3 Å². The molecule has 0 radical (unpaired) electrons. The van der Waals surface area contributed by atoms with Gasteiger partial charge in [-0.05, 0) is 68.7 Å². The normalized spacial score (nSPS) is 12.0. The summed E-state index contributed by atoms with van der Waals surface area (Å²) in [5.41, 5.74) is 2.79. The average Bonchev–Trinajstić information content (AvgIpc) is 2.90. The monoisotopic (exact) mass is 555 g/mol. The third kappa shape index (κ3) is 7.14. The zero-order chi connectivity index (χ0) is 27.9. The molecule has 0 spiro atoms. The molecule has 0 bridgehead atoms. The van der Waals surface area contributed by atoms with Gasteiger partial charge in [0.2, 0.25) is 11.8 Å². The number of halogens is 1. The average molecular weight is 556 g/mol. The van der Waals surface area contributed by atoms with E-state index in [1.165, 1.54) is 17.0 Å². The van der Waals surface area contributed by atoms with E-state index in [0.29, 0.717) is 22.8 Å². The highest BCUT2D eigenvalue weighted by Gasteiger charge is 2.33. The minimum absolute atomic E-state index is 0.0807. The van der Waals surface area contributed by atoms with Crippen LogP contribution in [0.5, 0.6) is 0 Å². The molecule has 1 atom stereocenters. The molecule has 0 aliphatic carbocycles. The number of rotatable bonds is 11. The van der Waals surface area contributed by atoms with Gasteiger partial charge < -0.3 is 10.2 Å². The van der Waals surface area contributed by atoms with E-state index < -0.39 is 28.5 Å². The lowest BCUT2D eigenvalue weighted by Crippen LogP contribution is -2.51. The summed E-state index contributed by atoms with van der Waals surface area (Å²) < 4.78 is 28.8. The van der Waals surface area contributed by atoms with Crippen molar-refractivity contribution in [1.82, 2.24) is 10.2 Å². The van der Waals surface area contributed by atoms with Gasteiger partial charge in [-0.2, -0.15) is 0 Å². The summed E-state index contributed by atoms with van der Waals surface area (Å²) in [6, 6.07) is 19.7. The number of aryl methyl sites for hydroxylation is 2. The van der Waals surface area contributed by atoms with E-state index >= 15 is 0 Å². The molecule has 0 saturated carbocycles. The molecule has 0 unspecified atom stereocenters. The van der Waals surface area contributed by atoms with Crippen LogP contribution in [0.15, 0.2) is 77.7 Å². The van der Waals surface area contributed by atoms with Crippen molar-refractivity contribution in [2.24, 2.45) is 0 Å². The number of hydrogen-bond donors (Lipinski definition) is 1. The minimum Gasteiger partial charge on any atom is -0.354 e. The lowest BCUT2D eigenvalue weighted by atomic mass is 10.1. The van der Waals surface area contributed by atoms with Crippen LogP contribution in [0.4, 0.5) is 5.69 Å². The van der Waals surface area contributed by atoms with Crippen molar-refractivity contribution >= 4 is 39.1 Å². The molecule has 0 aliphatic heterocycles. The summed E-state index contributed by atoms with van der Waals surface area (Å²) in [5.74, 6) is -0.809. The topological polar surface area (TPSA) is 86.8 Å². The number of para-hydroxylation sites is 1. The molecule has 2 amide bonds. The van der Waals surface area contributed by atoms with Crippen molar-refractivity contribution in [1.29, 1.82) is 0 Å². The quantitative estimate of drug-likeness (QED) is 0.357. The molecule has 0 aromatic heterocycles. The maximum atomic E-state index is 13.9. The molecule has 38 heavy (non-hydrogen) atoms. The fraction of sp³-hybridized carbons (Fsp3) is 0.310. The molecule has 3 aromatic carbocycles. The van der Waals surface area contributed by atoms with Crippen LogP contribution in [0.1, 0.15) is 37.0 Å². The van der Waals surface area contributed by atoms with E-state index in [0.717, 1.165) is 21.9 Å². The summed E-state index contributed by atoms with van der Waals surface area (Å²) in [6.07, 6.45) is 0.749. The molecule has 3 aromatic rings. The molecule has 3 rings (SSSR count). The number of nitrogens with one attached hydrogen (secondary N) is 1. The highest BCUT2D eigenvalue weighted by molar-refractivity contribution is 7.92. The van der Waals surface area contributed by atoms with Gasteiger partial charge in [0.25, 0.3) is 10.0 Å². The molecule has 1 N–H and O–H groups in total. The standard InChI is InChI=1S/C29H34ClN3O4S/c1-5-18-31-29(35)23(4)32(19-24-12-14-25(30)15-13-24)28(34)20-33(27-9-7-6-8-22(27)3)38(36,37)26-16-10-21(2)11-17-26/h6-17,23H,5,18-20H2,1-4H3,(H,31,35)/t23-/m1/s1. The van der Waals surface area contributed by atoms with Crippen molar-refractivity contribution in [3.05, 3.63) is 94.5 Å². The zero-order valence-electron chi connectivity index (χ0n) is 22.1. The van der Waals surface area contributed by atoms with Crippen LogP contribution in [0, 0.1) is 13.8 Å². The fourth-order valence-corrected chi connectivity index (χ4v) is 5.56. The maximum absolute atomic E-state index is 13.9. The first-order valence-electron chi connectivity index (χ1n) is 12.5. The van der Waals surface area contributed by atoms with Gasteiger partial charge in [0.1, 0.15) is 12.6 Å². The first kappa shape index (κ1) is 29.2. The molecule has 9 heteroatoms. The van der Waals surface area contributed by atoms with E-state index in [4.69, 9.17) is 11.6 Å². The molecule has 0 saturated heterocycles. The smallest absolute Gasteiger partial charge is 0.264 e. The van der Waals surface area contributed by atoms with E-state index in [9.17, 15) is 18.0 Å². The Balaban J connectivity index is 2.02. The highest BCUT2D eigenvalue weighted by atomic mass is 35.5. The number of nitrogens with zero attached hydrogens (tertiary/aromatic N) is 2. The van der Waals surface area contributed by atoms with Crippen molar-refractivity contribution < 1.29 is 18.0 Å². The van der Waals surface area contributed by atoms with Gasteiger partial charge in [-0.15, -0.1) is 0 Å². The molecule has 7 nitrogen and oxygen atoms in total. The summed E-state index contributed by atoms with van der Waals surface area (Å²) in [5, 5.41) is 3.38. The second-order valence-electron chi connectivity index (χ2n) is 9.23. The van der Waals surface area contributed by atoms with Crippen molar-refractivity contribution in [3.8, 4) is 0 Å². The molecule has 0 heterocycles. The van der Waals surface area contributed by atoms with Gasteiger partial charge in [-0.1, -0.05) is 66.6 Å². The Labute approximate surface area is 230 Å². The van der Waals surface area contributed by atoms with Crippen LogP contribution in [0.2, 0.25) is 5.02 Å². The second-order valence-corrected chi connectivity index (χ2v) is 11.5. The molecule has 0 fully saturated rings. The first-order valence-corrected chi connectivity index (χ1v) is 14.3. The highest BCUT2D eigenvalue weighted by Crippen LogP contribution is 2.27. The third-order valence-corrected chi connectivity index (χ3v) is 8.28. The van der Waals surface area contributed by atoms with Crippen LogP contribution in [0.25, 0.3) is 0 Å². The molecular weight excluding hydrogens is 522 g/mol. The Morgan fingerprint density at radius 3 is 2.18 bits per heavy atom. The molecule has 0 aliphatic rings. The number of benzene rings is 3. The van der Waals surface area contributed by atoms with Gasteiger partial charge in [-0.25, -0.2) is 8.42 Å². The molecule has 202 valence electrons. The molecular formula is C29H34ClN3O4S. The summed E-state index contributed by atoms with van der Waals surface area (Å²) in [6.45, 7) is 7.37. The maximum Gasteiger partial charge on any atom is 0.264 e. The SMILES string of the molecule is CCCNC(=O)[C@@H](C)N(Cc1ccc(Cl)cc1)C(=O)CN(c1ccccc1C)S(=O)(=O)c1ccc(C)cc1. The van der Waals surface area contributed by atoms with Crippen LogP contribution in [-0.4, -0.2) is 44.3 Å². The van der Waals surface area contributed by atoms with E-state index in [1.807, 2.05) is 19.9 Å². The Hall–Kier alpha value is -3.36. The van der Waals surface area contributed by atoms with Gasteiger partial charge in [0, 0.05) is 18.1 Å². The van der Waals surface area contributed by atoms with Crippen LogP contribution in [-0.2, 0) is 26.2 Å². The van der Waals surface area contributed by atoms with E-state index in [1.54, 1.807) is 68.4 Å². The number of hydrogen-bond acceptors (Lipinski definition) is 4. The lowest BCUT2D eigenvalue weighted by Gasteiger charge is -2.32. The third-order valence-electron chi connectivity index (χ3n) is 6.25. The minimum atomic E-state index is -4.09. The number of sulfonamides is 1. The Kier molecular flexibility index (Phi) is 9.94. The Morgan fingerprint density at radius 1 is 0.947 bits per heavy atom. The predicted molar refractivity (Wildman–Crippen MR) is 152 cm³/mol. The van der Waals surface area contributed by atoms with Crippen LogP contribution >= 0.6 is 11.6 Å². The Morgan fingerprint density at radius 2 is 1.58 bits per heavy atom. The number of carbonyl (C=O) groups is 2. The lowest BCUT2D eigenvalue weighted by molar-refractivity contribution is -0.139. The van der Waals surface area contributed by atoms with Gasteiger partial charge >= 0.3 is 0 Å². The summed E-state index contributed by atoms with van der Waals surface area (Å²) in [4.78, 5) is 28.3.